The second-order valence-electron chi connectivity index (χ2n) is 5.00. The standard InChI is InChI=1S/C17H20N4O3/c1-24-15-5-3-2-4-14(15)12-21(8-9-22)16(23)7-6-13-10-19-17(18)20-11-13/h2-7,10-11,22H,8-9,12H2,1H3,(H2,18,19,20)/b7-6+. The van der Waals surface area contributed by atoms with E-state index in [9.17, 15) is 9.90 Å². The zero-order valence-corrected chi connectivity index (χ0v) is 13.4. The lowest BCUT2D eigenvalue weighted by Gasteiger charge is -2.21. The molecule has 0 aliphatic carbocycles. The molecule has 3 N–H and O–H groups in total. The highest BCUT2D eigenvalue weighted by Crippen LogP contribution is 2.19. The van der Waals surface area contributed by atoms with Crippen LogP contribution in [0.25, 0.3) is 6.08 Å². The number of carbonyl (C=O) groups excluding carboxylic acids is 1. The molecule has 1 amide bonds. The molecule has 0 bridgehead atoms. The molecule has 1 heterocycles. The van der Waals surface area contributed by atoms with E-state index in [1.165, 1.54) is 23.4 Å². The molecule has 0 fully saturated rings. The van der Waals surface area contributed by atoms with Gasteiger partial charge >= 0.3 is 0 Å². The van der Waals surface area contributed by atoms with Crippen LogP contribution in [0.2, 0.25) is 0 Å². The molecule has 0 aliphatic heterocycles. The fraction of sp³-hybridized carbons (Fsp3) is 0.235. The molecular weight excluding hydrogens is 308 g/mol. The zero-order valence-electron chi connectivity index (χ0n) is 13.4. The summed E-state index contributed by atoms with van der Waals surface area (Å²) in [6.45, 7) is 0.436. The number of aliphatic hydroxyl groups excluding tert-OH is 1. The van der Waals surface area contributed by atoms with Crippen LogP contribution < -0.4 is 10.5 Å². The molecule has 0 radical (unpaired) electrons. The van der Waals surface area contributed by atoms with Crippen LogP contribution in [0.1, 0.15) is 11.1 Å². The molecule has 0 saturated carbocycles. The fourth-order valence-electron chi connectivity index (χ4n) is 2.13. The summed E-state index contributed by atoms with van der Waals surface area (Å²) in [4.78, 5) is 21.7. The second-order valence-corrected chi connectivity index (χ2v) is 5.00. The Labute approximate surface area is 140 Å². The van der Waals surface area contributed by atoms with E-state index in [1.54, 1.807) is 13.2 Å². The molecule has 0 unspecified atom stereocenters. The van der Waals surface area contributed by atoms with Crippen molar-refractivity contribution in [3.63, 3.8) is 0 Å². The number of hydrogen-bond donors (Lipinski definition) is 2. The number of ether oxygens (including phenoxy) is 1. The van der Waals surface area contributed by atoms with E-state index >= 15 is 0 Å². The van der Waals surface area contributed by atoms with E-state index in [0.717, 1.165) is 5.56 Å². The number of rotatable bonds is 7. The first-order chi connectivity index (χ1) is 11.6. The summed E-state index contributed by atoms with van der Waals surface area (Å²) >= 11 is 0. The molecule has 126 valence electrons. The lowest BCUT2D eigenvalue weighted by Crippen LogP contribution is -2.31. The predicted molar refractivity (Wildman–Crippen MR) is 91.0 cm³/mol. The van der Waals surface area contributed by atoms with Gasteiger partial charge in [-0.05, 0) is 12.1 Å². The van der Waals surface area contributed by atoms with Crippen LogP contribution in [0.15, 0.2) is 42.7 Å². The van der Waals surface area contributed by atoms with Gasteiger partial charge in [0.15, 0.2) is 0 Å². The summed E-state index contributed by atoms with van der Waals surface area (Å²) in [5.74, 6) is 0.646. The SMILES string of the molecule is COc1ccccc1CN(CCO)C(=O)/C=C/c1cnc(N)nc1. The average Bonchev–Trinajstić information content (AvgIpc) is 2.61. The summed E-state index contributed by atoms with van der Waals surface area (Å²) in [6, 6.07) is 7.45. The van der Waals surface area contributed by atoms with Gasteiger partial charge in [0.05, 0.1) is 13.7 Å². The maximum absolute atomic E-state index is 12.4. The quantitative estimate of drug-likeness (QED) is 0.738. The van der Waals surface area contributed by atoms with Gasteiger partial charge in [-0.3, -0.25) is 4.79 Å². The van der Waals surface area contributed by atoms with E-state index in [-0.39, 0.29) is 25.0 Å². The lowest BCUT2D eigenvalue weighted by atomic mass is 10.2. The minimum Gasteiger partial charge on any atom is -0.496 e. The summed E-state index contributed by atoms with van der Waals surface area (Å²) in [5.41, 5.74) is 6.95. The van der Waals surface area contributed by atoms with E-state index in [2.05, 4.69) is 9.97 Å². The highest BCUT2D eigenvalue weighted by Gasteiger charge is 2.13. The smallest absolute Gasteiger partial charge is 0.246 e. The summed E-state index contributed by atoms with van der Waals surface area (Å²) in [6.07, 6.45) is 6.08. The molecule has 24 heavy (non-hydrogen) atoms. The van der Waals surface area contributed by atoms with Crippen LogP contribution in [0.3, 0.4) is 0 Å². The number of carbonyl (C=O) groups is 1. The van der Waals surface area contributed by atoms with E-state index in [0.29, 0.717) is 17.9 Å². The Kier molecular flexibility index (Phi) is 6.27. The van der Waals surface area contributed by atoms with Gasteiger partial charge in [0.2, 0.25) is 11.9 Å². The number of benzene rings is 1. The van der Waals surface area contributed by atoms with Crippen LogP contribution in [-0.2, 0) is 11.3 Å². The summed E-state index contributed by atoms with van der Waals surface area (Å²) < 4.78 is 5.30. The molecule has 0 atom stereocenters. The molecule has 0 spiro atoms. The zero-order chi connectivity index (χ0) is 17.4. The third-order valence-corrected chi connectivity index (χ3v) is 3.35. The largest absolute Gasteiger partial charge is 0.496 e. The number of aliphatic hydroxyl groups is 1. The summed E-state index contributed by atoms with van der Waals surface area (Å²) in [5, 5.41) is 9.22. The molecule has 1 aromatic carbocycles. The van der Waals surface area contributed by atoms with Crippen molar-refractivity contribution in [3.8, 4) is 5.75 Å². The topological polar surface area (TPSA) is 102 Å². The van der Waals surface area contributed by atoms with E-state index in [1.807, 2.05) is 24.3 Å². The van der Waals surface area contributed by atoms with Gasteiger partial charge in [-0.15, -0.1) is 0 Å². The van der Waals surface area contributed by atoms with Crippen LogP contribution in [-0.4, -0.2) is 46.1 Å². The first-order valence-electron chi connectivity index (χ1n) is 7.41. The highest BCUT2D eigenvalue weighted by molar-refractivity contribution is 5.91. The van der Waals surface area contributed by atoms with Gasteiger partial charge in [-0.25, -0.2) is 9.97 Å². The Bertz CT molecular complexity index is 701. The van der Waals surface area contributed by atoms with Crippen molar-refractivity contribution in [2.75, 3.05) is 26.0 Å². The number of para-hydroxylation sites is 1. The monoisotopic (exact) mass is 328 g/mol. The second kappa shape index (κ2) is 8.64. The van der Waals surface area contributed by atoms with Gasteiger partial charge in [0, 0.05) is 42.7 Å². The molecular formula is C17H20N4O3. The predicted octanol–water partition coefficient (Wildman–Crippen LogP) is 1.10. The number of aromatic nitrogens is 2. The van der Waals surface area contributed by atoms with E-state index in [4.69, 9.17) is 10.5 Å². The maximum atomic E-state index is 12.4. The third-order valence-electron chi connectivity index (χ3n) is 3.35. The van der Waals surface area contributed by atoms with Crippen molar-refractivity contribution in [2.45, 2.75) is 6.54 Å². The van der Waals surface area contributed by atoms with Crippen LogP contribution >= 0.6 is 0 Å². The first kappa shape index (κ1) is 17.4. The van der Waals surface area contributed by atoms with E-state index < -0.39 is 0 Å². The number of anilines is 1. The molecule has 7 heteroatoms. The molecule has 0 saturated heterocycles. The molecule has 2 rings (SSSR count). The Morgan fingerprint density at radius 2 is 2.04 bits per heavy atom. The van der Waals surface area contributed by atoms with Crippen molar-refractivity contribution in [1.82, 2.24) is 14.9 Å². The van der Waals surface area contributed by atoms with Crippen LogP contribution in [0.5, 0.6) is 5.75 Å². The minimum absolute atomic E-state index is 0.125. The lowest BCUT2D eigenvalue weighted by molar-refractivity contribution is -0.127. The Morgan fingerprint density at radius 3 is 2.71 bits per heavy atom. The van der Waals surface area contributed by atoms with Crippen molar-refractivity contribution in [3.05, 3.63) is 53.9 Å². The number of nitrogen functional groups attached to an aromatic ring is 1. The Balaban J connectivity index is 2.11. The summed E-state index contributed by atoms with van der Waals surface area (Å²) in [7, 11) is 1.58. The van der Waals surface area contributed by atoms with Crippen LogP contribution in [0, 0.1) is 0 Å². The Morgan fingerprint density at radius 1 is 1.33 bits per heavy atom. The van der Waals surface area contributed by atoms with Gasteiger partial charge in [0.25, 0.3) is 0 Å². The number of nitrogens with zero attached hydrogens (tertiary/aromatic N) is 3. The number of nitrogens with two attached hydrogens (primary N) is 1. The molecule has 1 aromatic heterocycles. The number of hydrogen-bond acceptors (Lipinski definition) is 6. The average molecular weight is 328 g/mol. The van der Waals surface area contributed by atoms with Gasteiger partial charge in [-0.1, -0.05) is 18.2 Å². The van der Waals surface area contributed by atoms with Crippen molar-refractivity contribution in [2.24, 2.45) is 0 Å². The molecule has 2 aromatic rings. The van der Waals surface area contributed by atoms with Crippen molar-refractivity contribution >= 4 is 17.9 Å². The van der Waals surface area contributed by atoms with Gasteiger partial charge in [0.1, 0.15) is 5.75 Å². The maximum Gasteiger partial charge on any atom is 0.246 e. The molecule has 0 aliphatic rings. The van der Waals surface area contributed by atoms with Gasteiger partial charge in [-0.2, -0.15) is 0 Å². The minimum atomic E-state index is -0.230. The third kappa shape index (κ3) is 4.79. The first-order valence-corrected chi connectivity index (χ1v) is 7.41. The fourth-order valence-corrected chi connectivity index (χ4v) is 2.13. The van der Waals surface area contributed by atoms with Crippen molar-refractivity contribution < 1.29 is 14.6 Å². The highest BCUT2D eigenvalue weighted by atomic mass is 16.5. The van der Waals surface area contributed by atoms with Crippen LogP contribution in [0.4, 0.5) is 5.95 Å². The van der Waals surface area contributed by atoms with Gasteiger partial charge < -0.3 is 20.5 Å². The normalized spacial score (nSPS) is 10.8. The van der Waals surface area contributed by atoms with Crippen molar-refractivity contribution in [1.29, 1.82) is 0 Å². The number of amides is 1. The Hall–Kier alpha value is -2.93. The number of methoxy groups -OCH3 is 1. The molecule has 7 nitrogen and oxygen atoms in total.